The Labute approximate surface area is 95.6 Å². The van der Waals surface area contributed by atoms with Crippen molar-refractivity contribution in [3.63, 3.8) is 0 Å². The molecule has 0 spiro atoms. The van der Waals surface area contributed by atoms with Gasteiger partial charge in [0.2, 0.25) is 0 Å². The van der Waals surface area contributed by atoms with E-state index in [9.17, 15) is 0 Å². The summed E-state index contributed by atoms with van der Waals surface area (Å²) in [5.74, 6) is 0. The smallest absolute Gasteiger partial charge is 0.0453 e. The summed E-state index contributed by atoms with van der Waals surface area (Å²) in [7, 11) is 0. The van der Waals surface area contributed by atoms with Crippen molar-refractivity contribution in [1.82, 2.24) is 0 Å². The molecular formula is C6H3Br2IS. The fourth-order valence-corrected chi connectivity index (χ4v) is 2.32. The lowest BCUT2D eigenvalue weighted by molar-refractivity contribution is 1.34. The van der Waals surface area contributed by atoms with Gasteiger partial charge in [-0.15, -0.1) is 12.6 Å². The minimum absolute atomic E-state index is 0.951. The van der Waals surface area contributed by atoms with Crippen molar-refractivity contribution in [1.29, 1.82) is 0 Å². The molecule has 0 aliphatic rings. The van der Waals surface area contributed by atoms with Gasteiger partial charge in [-0.3, -0.25) is 0 Å². The van der Waals surface area contributed by atoms with Crippen molar-refractivity contribution in [2.75, 3.05) is 0 Å². The van der Waals surface area contributed by atoms with Crippen LogP contribution < -0.4 is 0 Å². The highest BCUT2D eigenvalue weighted by Gasteiger charge is 2.02. The van der Waals surface area contributed by atoms with Crippen molar-refractivity contribution in [2.45, 2.75) is 4.90 Å². The molecule has 1 aromatic carbocycles. The van der Waals surface area contributed by atoms with Crippen molar-refractivity contribution in [2.24, 2.45) is 0 Å². The molecule has 0 saturated heterocycles. The van der Waals surface area contributed by atoms with Gasteiger partial charge >= 0.3 is 0 Å². The molecule has 0 amide bonds. The van der Waals surface area contributed by atoms with Gasteiger partial charge in [-0.2, -0.15) is 0 Å². The highest BCUT2D eigenvalue weighted by molar-refractivity contribution is 14.1. The molecular weight excluding hydrogens is 391 g/mol. The predicted octanol–water partition coefficient (Wildman–Crippen LogP) is 4.10. The van der Waals surface area contributed by atoms with E-state index < -0.39 is 0 Å². The van der Waals surface area contributed by atoms with Crippen LogP contribution in [0.15, 0.2) is 26.0 Å². The number of halogens is 3. The van der Waals surface area contributed by atoms with E-state index in [2.05, 4.69) is 67.1 Å². The van der Waals surface area contributed by atoms with E-state index in [1.165, 1.54) is 3.57 Å². The first-order chi connectivity index (χ1) is 4.63. The van der Waals surface area contributed by atoms with Crippen LogP contribution in [-0.4, -0.2) is 0 Å². The number of benzene rings is 1. The minimum Gasteiger partial charge on any atom is -0.141 e. The number of rotatable bonds is 0. The van der Waals surface area contributed by atoms with E-state index in [0.29, 0.717) is 0 Å². The summed E-state index contributed by atoms with van der Waals surface area (Å²) in [6, 6.07) is 4.00. The molecule has 0 heterocycles. The molecule has 0 aliphatic heterocycles. The Balaban J connectivity index is 3.34. The predicted molar refractivity (Wildman–Crippen MR) is 61.8 cm³/mol. The van der Waals surface area contributed by atoms with Gasteiger partial charge in [0.15, 0.2) is 0 Å². The van der Waals surface area contributed by atoms with Crippen LogP contribution in [0.4, 0.5) is 0 Å². The fraction of sp³-hybridized carbons (Fsp3) is 0. The van der Waals surface area contributed by atoms with Crippen molar-refractivity contribution >= 4 is 67.1 Å². The maximum Gasteiger partial charge on any atom is 0.0453 e. The van der Waals surface area contributed by atoms with Crippen LogP contribution in [-0.2, 0) is 0 Å². The zero-order valence-electron chi connectivity index (χ0n) is 4.74. The number of thiol groups is 1. The average molecular weight is 394 g/mol. The van der Waals surface area contributed by atoms with E-state index >= 15 is 0 Å². The topological polar surface area (TPSA) is 0 Å². The Hall–Kier alpha value is 1.26. The lowest BCUT2D eigenvalue weighted by atomic mass is 10.4. The normalized spacial score (nSPS) is 10.0. The maximum atomic E-state index is 4.28. The van der Waals surface area contributed by atoms with Crippen molar-refractivity contribution in [3.05, 3.63) is 24.6 Å². The van der Waals surface area contributed by atoms with Crippen LogP contribution in [0.25, 0.3) is 0 Å². The molecule has 4 heteroatoms. The summed E-state index contributed by atoms with van der Waals surface area (Å²) in [4.78, 5) is 0.951. The standard InChI is InChI=1S/C6H3Br2IS/c7-3-1-2-4(9)5(8)6(3)10/h1-2,10H. The molecule has 0 bridgehead atoms. The zero-order valence-corrected chi connectivity index (χ0v) is 11.0. The van der Waals surface area contributed by atoms with Crippen molar-refractivity contribution in [3.8, 4) is 0 Å². The molecule has 0 saturated carbocycles. The molecule has 54 valence electrons. The molecule has 0 fully saturated rings. The first-order valence-electron chi connectivity index (χ1n) is 2.45. The summed E-state index contributed by atoms with van der Waals surface area (Å²) >= 11 is 13.3. The van der Waals surface area contributed by atoms with Crippen LogP contribution in [0, 0.1) is 3.57 Å². The van der Waals surface area contributed by atoms with Gasteiger partial charge in [0.25, 0.3) is 0 Å². The lowest BCUT2D eigenvalue weighted by Crippen LogP contribution is -1.77. The summed E-state index contributed by atoms with van der Waals surface area (Å²) in [5.41, 5.74) is 0. The average Bonchev–Trinajstić information content (AvgIpc) is 1.93. The summed E-state index contributed by atoms with van der Waals surface area (Å²) in [6.07, 6.45) is 0. The van der Waals surface area contributed by atoms with Gasteiger partial charge in [0.1, 0.15) is 0 Å². The summed E-state index contributed by atoms with van der Waals surface area (Å²) in [5, 5.41) is 0. The van der Waals surface area contributed by atoms with E-state index in [0.717, 1.165) is 13.8 Å². The fourth-order valence-electron chi connectivity index (χ4n) is 0.516. The first kappa shape index (κ1) is 9.35. The Morgan fingerprint density at radius 1 is 1.30 bits per heavy atom. The SMILES string of the molecule is Sc1c(Br)ccc(I)c1Br. The van der Waals surface area contributed by atoms with Gasteiger partial charge in [-0.05, 0) is 66.6 Å². The van der Waals surface area contributed by atoms with Gasteiger partial charge in [0, 0.05) is 17.4 Å². The Morgan fingerprint density at radius 2 is 1.90 bits per heavy atom. The molecule has 0 aromatic heterocycles. The van der Waals surface area contributed by atoms with E-state index in [1.54, 1.807) is 0 Å². The molecule has 0 nitrogen and oxygen atoms in total. The van der Waals surface area contributed by atoms with Crippen LogP contribution >= 0.6 is 67.1 Å². The highest BCUT2D eigenvalue weighted by atomic mass is 127. The number of hydrogen-bond donors (Lipinski definition) is 1. The van der Waals surface area contributed by atoms with Crippen LogP contribution in [0.5, 0.6) is 0 Å². The summed E-state index contributed by atoms with van der Waals surface area (Å²) in [6.45, 7) is 0. The Kier molecular flexibility index (Phi) is 3.53. The number of hydrogen-bond acceptors (Lipinski definition) is 1. The monoisotopic (exact) mass is 392 g/mol. The molecule has 0 unspecified atom stereocenters. The van der Waals surface area contributed by atoms with Gasteiger partial charge in [-0.25, -0.2) is 0 Å². The van der Waals surface area contributed by atoms with Gasteiger partial charge in [0.05, 0.1) is 0 Å². The van der Waals surface area contributed by atoms with E-state index in [-0.39, 0.29) is 0 Å². The van der Waals surface area contributed by atoms with Gasteiger partial charge < -0.3 is 0 Å². The summed E-state index contributed by atoms with van der Waals surface area (Å²) < 4.78 is 3.24. The maximum absolute atomic E-state index is 4.28. The zero-order chi connectivity index (χ0) is 7.72. The van der Waals surface area contributed by atoms with Crippen LogP contribution in [0.3, 0.4) is 0 Å². The molecule has 0 N–H and O–H groups in total. The van der Waals surface area contributed by atoms with E-state index in [4.69, 9.17) is 0 Å². The minimum atomic E-state index is 0.951. The second kappa shape index (κ2) is 3.78. The second-order valence-electron chi connectivity index (χ2n) is 1.69. The molecule has 0 radical (unpaired) electrons. The van der Waals surface area contributed by atoms with Crippen LogP contribution in [0.1, 0.15) is 0 Å². The largest absolute Gasteiger partial charge is 0.141 e. The molecule has 0 atom stereocenters. The third-order valence-electron chi connectivity index (χ3n) is 1.02. The Bertz CT molecular complexity index is 235. The molecule has 1 aromatic rings. The Morgan fingerprint density at radius 3 is 2.40 bits per heavy atom. The van der Waals surface area contributed by atoms with E-state index in [1.807, 2.05) is 12.1 Å². The third-order valence-corrected chi connectivity index (χ3v) is 5.22. The van der Waals surface area contributed by atoms with Crippen molar-refractivity contribution < 1.29 is 0 Å². The van der Waals surface area contributed by atoms with Crippen LogP contribution in [0.2, 0.25) is 0 Å². The van der Waals surface area contributed by atoms with Gasteiger partial charge in [-0.1, -0.05) is 0 Å². The molecule has 10 heavy (non-hydrogen) atoms. The third kappa shape index (κ3) is 1.89. The molecule has 1 rings (SSSR count). The second-order valence-corrected chi connectivity index (χ2v) is 4.95. The first-order valence-corrected chi connectivity index (χ1v) is 5.56. The molecule has 0 aliphatic carbocycles. The highest BCUT2D eigenvalue weighted by Crippen LogP contribution is 2.32. The quantitative estimate of drug-likeness (QED) is 0.383. The lowest BCUT2D eigenvalue weighted by Gasteiger charge is -2.01.